The number of carbonyl (C=O) groups excluding carboxylic acids is 1. The summed E-state index contributed by atoms with van der Waals surface area (Å²) in [4.78, 5) is 14.5. The molecular weight excluding hydrogens is 280 g/mol. The van der Waals surface area contributed by atoms with Gasteiger partial charge in [0.1, 0.15) is 0 Å². The molecule has 0 fully saturated rings. The maximum Gasteiger partial charge on any atom is 0.258 e. The summed E-state index contributed by atoms with van der Waals surface area (Å²) in [6, 6.07) is 10.8. The minimum Gasteiger partial charge on any atom is -0.493 e. The second-order valence-corrected chi connectivity index (χ2v) is 5.16. The minimum atomic E-state index is -0.0514. The molecule has 1 aliphatic heterocycles. The van der Waals surface area contributed by atoms with E-state index in [0.717, 1.165) is 23.4 Å². The first-order valence-electron chi connectivity index (χ1n) is 7.06. The number of nitrogen functional groups attached to an aromatic ring is 1. The summed E-state index contributed by atoms with van der Waals surface area (Å²) in [6.45, 7) is 0.659. The quantitative estimate of drug-likeness (QED) is 0.884. The van der Waals surface area contributed by atoms with E-state index in [4.69, 9.17) is 15.2 Å². The molecule has 0 aromatic heterocycles. The number of rotatable bonds is 3. The van der Waals surface area contributed by atoms with E-state index in [1.807, 2.05) is 18.2 Å². The lowest BCUT2D eigenvalue weighted by Gasteiger charge is -2.18. The number of nitrogens with zero attached hydrogens (tertiary/aromatic N) is 1. The third-order valence-electron chi connectivity index (χ3n) is 3.87. The number of ether oxygens (including phenoxy) is 2. The summed E-state index contributed by atoms with van der Waals surface area (Å²) in [5.41, 5.74) is 9.12. The van der Waals surface area contributed by atoms with Crippen LogP contribution in [-0.2, 0) is 6.42 Å². The zero-order valence-corrected chi connectivity index (χ0v) is 12.6. The highest BCUT2D eigenvalue weighted by Gasteiger charge is 2.26. The van der Waals surface area contributed by atoms with Gasteiger partial charge in [-0.05, 0) is 48.4 Å². The summed E-state index contributed by atoms with van der Waals surface area (Å²) in [7, 11) is 3.13. The molecule has 5 heteroatoms. The highest BCUT2D eigenvalue weighted by atomic mass is 16.5. The van der Waals surface area contributed by atoms with Gasteiger partial charge in [0, 0.05) is 23.5 Å². The third-order valence-corrected chi connectivity index (χ3v) is 3.87. The zero-order chi connectivity index (χ0) is 15.7. The standard InChI is InChI=1S/C17H18N2O3/c1-21-15-6-3-12(10-16(15)22-2)17(20)19-8-7-11-9-13(18)4-5-14(11)19/h3-6,9-10H,7-8,18H2,1-2H3. The van der Waals surface area contributed by atoms with Crippen molar-refractivity contribution in [1.29, 1.82) is 0 Å². The van der Waals surface area contributed by atoms with E-state index in [0.29, 0.717) is 23.6 Å². The Morgan fingerprint density at radius 3 is 2.59 bits per heavy atom. The summed E-state index contributed by atoms with van der Waals surface area (Å²) >= 11 is 0. The summed E-state index contributed by atoms with van der Waals surface area (Å²) in [6.07, 6.45) is 0.819. The zero-order valence-electron chi connectivity index (χ0n) is 12.6. The van der Waals surface area contributed by atoms with Crippen LogP contribution in [0.3, 0.4) is 0 Å². The number of carbonyl (C=O) groups is 1. The summed E-state index contributed by atoms with van der Waals surface area (Å²) < 4.78 is 10.5. The van der Waals surface area contributed by atoms with Crippen LogP contribution in [0.4, 0.5) is 11.4 Å². The highest BCUT2D eigenvalue weighted by Crippen LogP contribution is 2.33. The predicted molar refractivity (Wildman–Crippen MR) is 85.8 cm³/mol. The fourth-order valence-corrected chi connectivity index (χ4v) is 2.76. The Balaban J connectivity index is 1.93. The van der Waals surface area contributed by atoms with Crippen LogP contribution in [0.5, 0.6) is 11.5 Å². The van der Waals surface area contributed by atoms with Crippen LogP contribution in [0.2, 0.25) is 0 Å². The predicted octanol–water partition coefficient (Wildman–Crippen LogP) is 2.49. The first-order chi connectivity index (χ1) is 10.6. The van der Waals surface area contributed by atoms with Gasteiger partial charge in [0.05, 0.1) is 14.2 Å². The molecule has 114 valence electrons. The maximum atomic E-state index is 12.8. The van der Waals surface area contributed by atoms with E-state index in [-0.39, 0.29) is 5.91 Å². The molecule has 0 bridgehead atoms. The van der Waals surface area contributed by atoms with Gasteiger partial charge >= 0.3 is 0 Å². The van der Waals surface area contributed by atoms with Gasteiger partial charge in [-0.2, -0.15) is 0 Å². The molecule has 1 aliphatic rings. The van der Waals surface area contributed by atoms with E-state index in [9.17, 15) is 4.79 Å². The third kappa shape index (κ3) is 2.35. The molecule has 3 rings (SSSR count). The average molecular weight is 298 g/mol. The molecule has 0 radical (unpaired) electrons. The smallest absolute Gasteiger partial charge is 0.258 e. The van der Waals surface area contributed by atoms with Crippen LogP contribution < -0.4 is 20.1 Å². The second-order valence-electron chi connectivity index (χ2n) is 5.16. The van der Waals surface area contributed by atoms with Gasteiger partial charge in [-0.3, -0.25) is 4.79 Å². The second kappa shape index (κ2) is 5.60. The molecule has 0 saturated carbocycles. The Morgan fingerprint density at radius 2 is 1.86 bits per heavy atom. The van der Waals surface area contributed by atoms with Gasteiger partial charge in [-0.15, -0.1) is 0 Å². The molecule has 0 spiro atoms. The van der Waals surface area contributed by atoms with E-state index in [2.05, 4.69) is 0 Å². The number of fused-ring (bicyclic) bond motifs is 1. The average Bonchev–Trinajstić information content (AvgIpc) is 2.96. The number of benzene rings is 2. The Kier molecular flexibility index (Phi) is 3.63. The molecule has 2 aromatic carbocycles. The van der Waals surface area contributed by atoms with Crippen molar-refractivity contribution in [1.82, 2.24) is 0 Å². The molecule has 2 aromatic rings. The molecule has 2 N–H and O–H groups in total. The van der Waals surface area contributed by atoms with Crippen molar-refractivity contribution < 1.29 is 14.3 Å². The van der Waals surface area contributed by atoms with Crippen LogP contribution in [0.25, 0.3) is 0 Å². The van der Waals surface area contributed by atoms with Crippen molar-refractivity contribution in [3.8, 4) is 11.5 Å². The topological polar surface area (TPSA) is 64.8 Å². The van der Waals surface area contributed by atoms with Crippen molar-refractivity contribution in [2.45, 2.75) is 6.42 Å². The van der Waals surface area contributed by atoms with Gasteiger partial charge in [0.15, 0.2) is 11.5 Å². The molecule has 0 aliphatic carbocycles. The van der Waals surface area contributed by atoms with Crippen LogP contribution in [0, 0.1) is 0 Å². The van der Waals surface area contributed by atoms with Crippen molar-refractivity contribution in [2.24, 2.45) is 0 Å². The molecule has 22 heavy (non-hydrogen) atoms. The number of methoxy groups -OCH3 is 2. The Morgan fingerprint density at radius 1 is 1.09 bits per heavy atom. The number of hydrogen-bond acceptors (Lipinski definition) is 4. The summed E-state index contributed by atoms with van der Waals surface area (Å²) in [5.74, 6) is 1.10. The van der Waals surface area contributed by atoms with Crippen LogP contribution in [0.1, 0.15) is 15.9 Å². The highest BCUT2D eigenvalue weighted by molar-refractivity contribution is 6.07. The van der Waals surface area contributed by atoms with Gasteiger partial charge in [0.2, 0.25) is 0 Å². The molecule has 1 amide bonds. The molecule has 5 nitrogen and oxygen atoms in total. The Labute approximate surface area is 129 Å². The fraction of sp³-hybridized carbons (Fsp3) is 0.235. The normalized spacial score (nSPS) is 12.9. The van der Waals surface area contributed by atoms with Gasteiger partial charge < -0.3 is 20.1 Å². The molecular formula is C17H18N2O3. The van der Waals surface area contributed by atoms with Crippen LogP contribution >= 0.6 is 0 Å². The van der Waals surface area contributed by atoms with Gasteiger partial charge in [-0.1, -0.05) is 0 Å². The maximum absolute atomic E-state index is 12.8. The fourth-order valence-electron chi connectivity index (χ4n) is 2.76. The molecule has 1 heterocycles. The van der Waals surface area contributed by atoms with Crippen LogP contribution in [0.15, 0.2) is 36.4 Å². The van der Waals surface area contributed by atoms with Crippen molar-refractivity contribution >= 4 is 17.3 Å². The summed E-state index contributed by atoms with van der Waals surface area (Å²) in [5, 5.41) is 0. The number of amides is 1. The van der Waals surface area contributed by atoms with Gasteiger partial charge in [-0.25, -0.2) is 0 Å². The van der Waals surface area contributed by atoms with E-state index in [1.165, 1.54) is 0 Å². The van der Waals surface area contributed by atoms with Crippen molar-refractivity contribution in [3.63, 3.8) is 0 Å². The van der Waals surface area contributed by atoms with E-state index in [1.54, 1.807) is 37.3 Å². The molecule has 0 saturated heterocycles. The van der Waals surface area contributed by atoms with Gasteiger partial charge in [0.25, 0.3) is 5.91 Å². The molecule has 0 unspecified atom stereocenters. The van der Waals surface area contributed by atoms with Crippen LogP contribution in [-0.4, -0.2) is 26.7 Å². The van der Waals surface area contributed by atoms with E-state index >= 15 is 0 Å². The van der Waals surface area contributed by atoms with Crippen molar-refractivity contribution in [2.75, 3.05) is 31.4 Å². The minimum absolute atomic E-state index is 0.0514. The van der Waals surface area contributed by atoms with Crippen molar-refractivity contribution in [3.05, 3.63) is 47.5 Å². The first-order valence-corrected chi connectivity index (χ1v) is 7.06. The number of nitrogens with two attached hydrogens (primary N) is 1. The monoisotopic (exact) mass is 298 g/mol. The number of hydrogen-bond donors (Lipinski definition) is 1. The lowest BCUT2D eigenvalue weighted by Crippen LogP contribution is -2.28. The van der Waals surface area contributed by atoms with E-state index < -0.39 is 0 Å². The lowest BCUT2D eigenvalue weighted by molar-refractivity contribution is 0.0989. The number of anilines is 2. The lowest BCUT2D eigenvalue weighted by atomic mass is 10.1. The Hall–Kier alpha value is -2.69. The Bertz CT molecular complexity index is 728. The molecule has 0 atom stereocenters. The SMILES string of the molecule is COc1ccc(C(=O)N2CCc3cc(N)ccc32)cc1OC. The first kappa shape index (κ1) is 14.3. The largest absolute Gasteiger partial charge is 0.493 e.